The number of amides is 1. The molecule has 34 heavy (non-hydrogen) atoms. The molecule has 0 aliphatic carbocycles. The van der Waals surface area contributed by atoms with Gasteiger partial charge in [-0.05, 0) is 50.6 Å². The summed E-state index contributed by atoms with van der Waals surface area (Å²) in [5, 5.41) is 2.08. The normalized spacial score (nSPS) is 14.1. The molecule has 176 valence electrons. The molecule has 1 saturated heterocycles. The minimum Gasteiger partial charge on any atom is -0.440 e. The number of fused-ring (bicyclic) bond motifs is 1. The van der Waals surface area contributed by atoms with Crippen molar-refractivity contribution in [1.29, 1.82) is 0 Å². The monoisotopic (exact) mass is 479 g/mol. The second-order valence-electron chi connectivity index (χ2n) is 8.59. The minimum atomic E-state index is -0.550. The molecule has 4 aromatic rings. The van der Waals surface area contributed by atoms with Crippen molar-refractivity contribution in [1.82, 2.24) is 24.0 Å². The van der Waals surface area contributed by atoms with Gasteiger partial charge in [0, 0.05) is 25.8 Å². The number of piperidine rings is 1. The predicted octanol–water partition coefficient (Wildman–Crippen LogP) is 3.10. The van der Waals surface area contributed by atoms with Gasteiger partial charge < -0.3 is 9.32 Å². The Morgan fingerprint density at radius 2 is 1.91 bits per heavy atom. The van der Waals surface area contributed by atoms with Gasteiger partial charge in [0.1, 0.15) is 17.1 Å². The van der Waals surface area contributed by atoms with Crippen LogP contribution in [0.1, 0.15) is 46.8 Å². The van der Waals surface area contributed by atoms with E-state index in [0.717, 1.165) is 28.7 Å². The van der Waals surface area contributed by atoms with Crippen LogP contribution in [0.5, 0.6) is 0 Å². The molecule has 10 heteroatoms. The number of rotatable bonds is 4. The Balaban J connectivity index is 1.65. The zero-order valence-corrected chi connectivity index (χ0v) is 20.1. The summed E-state index contributed by atoms with van der Waals surface area (Å²) in [5.41, 5.74) is 0.495. The molecule has 0 aromatic carbocycles. The molecule has 0 atom stereocenters. The van der Waals surface area contributed by atoms with E-state index in [1.54, 1.807) is 31.9 Å². The number of hydrogen-bond acceptors (Lipinski definition) is 7. The number of carbonyl (C=O) groups is 1. The van der Waals surface area contributed by atoms with E-state index < -0.39 is 11.2 Å². The number of likely N-dealkylation sites (tertiary alicyclic amines) is 1. The predicted molar refractivity (Wildman–Crippen MR) is 129 cm³/mol. The lowest BCUT2D eigenvalue weighted by Crippen LogP contribution is -2.42. The number of nitrogens with zero attached hydrogens (tertiary/aromatic N) is 5. The van der Waals surface area contributed by atoms with Crippen LogP contribution < -0.4 is 11.2 Å². The fourth-order valence-electron chi connectivity index (χ4n) is 4.41. The van der Waals surface area contributed by atoms with Crippen LogP contribution in [0.4, 0.5) is 0 Å². The minimum absolute atomic E-state index is 0.0621. The molecule has 4 aromatic heterocycles. The molecule has 1 amide bonds. The highest BCUT2D eigenvalue weighted by Gasteiger charge is 2.25. The molecular weight excluding hydrogens is 454 g/mol. The number of oxazole rings is 1. The van der Waals surface area contributed by atoms with E-state index in [1.165, 1.54) is 15.9 Å². The van der Waals surface area contributed by atoms with Crippen molar-refractivity contribution in [2.45, 2.75) is 39.7 Å². The summed E-state index contributed by atoms with van der Waals surface area (Å²) in [4.78, 5) is 51.9. The van der Waals surface area contributed by atoms with Crippen LogP contribution in [0.3, 0.4) is 0 Å². The molecule has 0 N–H and O–H groups in total. The summed E-state index contributed by atoms with van der Waals surface area (Å²) >= 11 is 1.49. The van der Waals surface area contributed by atoms with Gasteiger partial charge in [-0.3, -0.25) is 18.7 Å². The highest BCUT2D eigenvalue weighted by molar-refractivity contribution is 7.13. The van der Waals surface area contributed by atoms with Crippen LogP contribution in [-0.4, -0.2) is 43.0 Å². The van der Waals surface area contributed by atoms with Gasteiger partial charge in [-0.15, -0.1) is 11.3 Å². The number of aromatic nitrogens is 4. The quantitative estimate of drug-likeness (QED) is 0.446. The highest BCUT2D eigenvalue weighted by Crippen LogP contribution is 2.26. The topological polar surface area (TPSA) is 103 Å². The Kier molecular flexibility index (Phi) is 5.68. The Labute approximate surface area is 199 Å². The van der Waals surface area contributed by atoms with Crippen LogP contribution in [0.15, 0.2) is 37.6 Å². The molecular formula is C24H25N5O4S. The first-order valence-corrected chi connectivity index (χ1v) is 12.1. The third-order valence-electron chi connectivity index (χ3n) is 6.23. The fraction of sp³-hybridized carbons (Fsp3) is 0.375. The van der Waals surface area contributed by atoms with E-state index in [1.807, 2.05) is 17.5 Å². The summed E-state index contributed by atoms with van der Waals surface area (Å²) in [6, 6.07) is 5.44. The maximum absolute atomic E-state index is 13.7. The second kappa shape index (κ2) is 8.68. The molecule has 1 aliphatic rings. The summed E-state index contributed by atoms with van der Waals surface area (Å²) in [7, 11) is 1.56. The standard InChI is InChI=1S/C24H25N5O4S/c1-14-12-16(22(30)28-9-5-4-6-10-28)19-20(25-14)27(3)24(32)29(23(19)31)13-17-15(2)33-21(26-17)18-8-7-11-34-18/h7-8,11-12H,4-6,9-10,13H2,1-3H3. The van der Waals surface area contributed by atoms with Crippen molar-refractivity contribution < 1.29 is 9.21 Å². The fourth-order valence-corrected chi connectivity index (χ4v) is 5.06. The van der Waals surface area contributed by atoms with Crippen molar-refractivity contribution in [3.63, 3.8) is 0 Å². The molecule has 9 nitrogen and oxygen atoms in total. The Bertz CT molecular complexity index is 1510. The van der Waals surface area contributed by atoms with E-state index >= 15 is 0 Å². The molecule has 0 spiro atoms. The van der Waals surface area contributed by atoms with Gasteiger partial charge in [-0.2, -0.15) is 0 Å². The summed E-state index contributed by atoms with van der Waals surface area (Å²) in [6.07, 6.45) is 2.97. The molecule has 0 unspecified atom stereocenters. The van der Waals surface area contributed by atoms with E-state index in [0.29, 0.717) is 36.1 Å². The first-order valence-electron chi connectivity index (χ1n) is 11.3. The van der Waals surface area contributed by atoms with Crippen molar-refractivity contribution in [3.8, 4) is 10.8 Å². The summed E-state index contributed by atoms with van der Waals surface area (Å²) in [6.45, 7) is 4.77. The van der Waals surface area contributed by atoms with Crippen LogP contribution in [0, 0.1) is 13.8 Å². The molecule has 0 radical (unpaired) electrons. The maximum Gasteiger partial charge on any atom is 0.332 e. The Morgan fingerprint density at radius 1 is 1.15 bits per heavy atom. The third kappa shape index (κ3) is 3.77. The van der Waals surface area contributed by atoms with Crippen molar-refractivity contribution >= 4 is 28.3 Å². The molecule has 0 saturated carbocycles. The van der Waals surface area contributed by atoms with Gasteiger partial charge in [0.2, 0.25) is 5.89 Å². The molecule has 0 bridgehead atoms. The van der Waals surface area contributed by atoms with Crippen LogP contribution in [0.2, 0.25) is 0 Å². The Hall–Kier alpha value is -3.53. The molecule has 1 aliphatic heterocycles. The highest BCUT2D eigenvalue weighted by atomic mass is 32.1. The van der Waals surface area contributed by atoms with E-state index in [2.05, 4.69) is 9.97 Å². The van der Waals surface area contributed by atoms with E-state index in [4.69, 9.17) is 4.42 Å². The number of thiophene rings is 1. The third-order valence-corrected chi connectivity index (χ3v) is 7.09. The largest absolute Gasteiger partial charge is 0.440 e. The first-order chi connectivity index (χ1) is 16.3. The van der Waals surface area contributed by atoms with Gasteiger partial charge in [-0.1, -0.05) is 6.07 Å². The summed E-state index contributed by atoms with van der Waals surface area (Å²) in [5.74, 6) is 0.783. The number of carbonyl (C=O) groups excluding carboxylic acids is 1. The zero-order valence-electron chi connectivity index (χ0n) is 19.3. The zero-order chi connectivity index (χ0) is 24.0. The van der Waals surface area contributed by atoms with Gasteiger partial charge >= 0.3 is 5.69 Å². The lowest BCUT2D eigenvalue weighted by molar-refractivity contribution is 0.0726. The van der Waals surface area contributed by atoms with Crippen LogP contribution >= 0.6 is 11.3 Å². The second-order valence-corrected chi connectivity index (χ2v) is 9.54. The molecule has 5 heterocycles. The average Bonchev–Trinajstić information content (AvgIpc) is 3.50. The molecule has 1 fully saturated rings. The number of pyridine rings is 1. The van der Waals surface area contributed by atoms with Crippen LogP contribution in [0.25, 0.3) is 21.8 Å². The smallest absolute Gasteiger partial charge is 0.332 e. The maximum atomic E-state index is 13.7. The lowest BCUT2D eigenvalue weighted by Gasteiger charge is -2.27. The summed E-state index contributed by atoms with van der Waals surface area (Å²) < 4.78 is 8.22. The average molecular weight is 480 g/mol. The van der Waals surface area contributed by atoms with E-state index in [9.17, 15) is 14.4 Å². The van der Waals surface area contributed by atoms with Crippen molar-refractivity contribution in [2.75, 3.05) is 13.1 Å². The first kappa shape index (κ1) is 22.3. The van der Waals surface area contributed by atoms with Gasteiger partial charge in [0.15, 0.2) is 0 Å². The van der Waals surface area contributed by atoms with Crippen molar-refractivity contribution in [3.05, 3.63) is 67.1 Å². The SMILES string of the molecule is Cc1cc(C(=O)N2CCCCC2)c2c(=O)n(Cc3nc(-c4cccs4)oc3C)c(=O)n(C)c2n1. The van der Waals surface area contributed by atoms with Gasteiger partial charge in [-0.25, -0.2) is 14.8 Å². The molecule has 5 rings (SSSR count). The van der Waals surface area contributed by atoms with Gasteiger partial charge in [0.05, 0.1) is 22.4 Å². The van der Waals surface area contributed by atoms with Crippen molar-refractivity contribution in [2.24, 2.45) is 7.05 Å². The lowest BCUT2D eigenvalue weighted by atomic mass is 10.1. The Morgan fingerprint density at radius 3 is 2.62 bits per heavy atom. The number of aryl methyl sites for hydroxylation is 3. The number of hydrogen-bond donors (Lipinski definition) is 0. The van der Waals surface area contributed by atoms with Gasteiger partial charge in [0.25, 0.3) is 11.5 Å². The van der Waals surface area contributed by atoms with Crippen LogP contribution in [-0.2, 0) is 13.6 Å². The van der Waals surface area contributed by atoms with E-state index in [-0.39, 0.29) is 29.0 Å².